The lowest BCUT2D eigenvalue weighted by molar-refractivity contribution is -0.940. The van der Waals surface area contributed by atoms with E-state index in [0.717, 1.165) is 32.0 Å². The highest BCUT2D eigenvalue weighted by Gasteiger charge is 2.37. The van der Waals surface area contributed by atoms with Crippen LogP contribution in [0.4, 0.5) is 0 Å². The van der Waals surface area contributed by atoms with E-state index in [2.05, 4.69) is 5.32 Å². The van der Waals surface area contributed by atoms with Gasteiger partial charge in [-0.3, -0.25) is 4.79 Å². The van der Waals surface area contributed by atoms with E-state index in [-0.39, 0.29) is 11.9 Å². The first kappa shape index (κ1) is 14.3. The lowest BCUT2D eigenvalue weighted by Crippen LogP contribution is -3.18. The molecule has 0 aromatic carbocycles. The molecule has 3 N–H and O–H groups in total. The van der Waals surface area contributed by atoms with Gasteiger partial charge >= 0.3 is 5.97 Å². The van der Waals surface area contributed by atoms with E-state index in [1.807, 2.05) is 0 Å². The van der Waals surface area contributed by atoms with Crippen LogP contribution in [0.5, 0.6) is 0 Å². The molecular weight excluding hydrogens is 252 g/mol. The molecule has 0 saturated carbocycles. The summed E-state index contributed by atoms with van der Waals surface area (Å²) in [5.41, 5.74) is 0. The van der Waals surface area contributed by atoms with Crippen LogP contribution in [-0.2, 0) is 9.53 Å². The van der Waals surface area contributed by atoms with Crippen LogP contribution in [0, 0.1) is 11.8 Å². The Morgan fingerprint density at radius 3 is 2.70 bits per heavy atom. The Kier molecular flexibility index (Phi) is 4.94. The molecule has 3 atom stereocenters. The van der Waals surface area contributed by atoms with Gasteiger partial charge < -0.3 is 15.0 Å². The second kappa shape index (κ2) is 6.90. The number of nitrogens with two attached hydrogens (primary N) is 1. The van der Waals surface area contributed by atoms with Gasteiger partial charge in [-0.15, -0.1) is 0 Å². The second-order valence-electron chi connectivity index (χ2n) is 6.93. The fraction of sp³-hybridized carbons (Fsp3) is 0.938. The first-order valence-electron chi connectivity index (χ1n) is 8.67. The van der Waals surface area contributed by atoms with E-state index in [1.54, 1.807) is 4.90 Å². The Morgan fingerprint density at radius 2 is 1.85 bits per heavy atom. The highest BCUT2D eigenvalue weighted by atomic mass is 16.5. The Labute approximate surface area is 122 Å². The summed E-state index contributed by atoms with van der Waals surface area (Å²) in [6.07, 6.45) is 8.69. The average Bonchev–Trinajstić information content (AvgIpc) is 2.53. The lowest BCUT2D eigenvalue weighted by Gasteiger charge is -2.41. The lowest BCUT2D eigenvalue weighted by atomic mass is 9.84. The van der Waals surface area contributed by atoms with Crippen LogP contribution in [0.15, 0.2) is 0 Å². The van der Waals surface area contributed by atoms with Crippen LogP contribution in [0.2, 0.25) is 0 Å². The maximum absolute atomic E-state index is 12.2. The predicted octanol–water partition coefficient (Wildman–Crippen LogP) is -0.650. The normalized spacial score (nSPS) is 35.3. The molecule has 3 rings (SSSR count). The van der Waals surface area contributed by atoms with Gasteiger partial charge in [-0.05, 0) is 32.1 Å². The minimum Gasteiger partial charge on any atom is -0.465 e. The largest absolute Gasteiger partial charge is 0.465 e. The smallest absolute Gasteiger partial charge is 0.309 e. The topological polar surface area (TPSA) is 47.4 Å². The maximum Gasteiger partial charge on any atom is 0.309 e. The van der Waals surface area contributed by atoms with Gasteiger partial charge in [-0.25, -0.2) is 0 Å². The Bertz CT molecular complexity index is 326. The summed E-state index contributed by atoms with van der Waals surface area (Å²) < 4.78 is 5.70. The van der Waals surface area contributed by atoms with Crippen molar-refractivity contribution in [3.63, 3.8) is 0 Å². The number of piperidine rings is 3. The number of quaternary nitrogens is 2. The molecule has 3 fully saturated rings. The molecule has 0 aromatic rings. The van der Waals surface area contributed by atoms with Crippen LogP contribution in [-0.4, -0.2) is 44.8 Å². The van der Waals surface area contributed by atoms with Crippen molar-refractivity contribution in [3.8, 4) is 0 Å². The average molecular weight is 282 g/mol. The van der Waals surface area contributed by atoms with Crippen molar-refractivity contribution in [3.05, 3.63) is 0 Å². The van der Waals surface area contributed by atoms with Crippen molar-refractivity contribution in [2.24, 2.45) is 11.8 Å². The number of hydrogen-bond acceptors (Lipinski definition) is 2. The number of carbonyl (C=O) groups excluding carboxylic acids is 1. The molecule has 0 spiro atoms. The fourth-order valence-corrected chi connectivity index (χ4v) is 4.45. The van der Waals surface area contributed by atoms with E-state index < -0.39 is 0 Å². The first-order chi connectivity index (χ1) is 9.84. The number of rotatable bonds is 3. The first-order valence-corrected chi connectivity index (χ1v) is 8.67. The molecule has 114 valence electrons. The Morgan fingerprint density at radius 1 is 1.05 bits per heavy atom. The van der Waals surface area contributed by atoms with Crippen LogP contribution in [0.25, 0.3) is 0 Å². The standard InChI is InChI=1S/C16H28N2O2/c19-16(13-6-8-17-9-7-13)20-12-14-4-3-11-18-10-2-1-5-15(14)18/h13-15,17H,1-12H2/p+2/t14-,15-/m0/s1. The zero-order valence-corrected chi connectivity index (χ0v) is 12.6. The van der Waals surface area contributed by atoms with Crippen molar-refractivity contribution in [2.45, 2.75) is 51.0 Å². The Hall–Kier alpha value is -0.610. The summed E-state index contributed by atoms with van der Waals surface area (Å²) in [5, 5.41) is 2.30. The molecule has 4 nitrogen and oxygen atoms in total. The van der Waals surface area contributed by atoms with Crippen molar-refractivity contribution in [2.75, 3.05) is 32.8 Å². The van der Waals surface area contributed by atoms with Gasteiger partial charge in [0.25, 0.3) is 0 Å². The number of fused-ring (bicyclic) bond motifs is 1. The third kappa shape index (κ3) is 3.34. The molecule has 3 heterocycles. The van der Waals surface area contributed by atoms with Gasteiger partial charge in [0.1, 0.15) is 0 Å². The number of ether oxygens (including phenoxy) is 1. The van der Waals surface area contributed by atoms with Crippen LogP contribution < -0.4 is 10.2 Å². The molecule has 3 saturated heterocycles. The molecular formula is C16H30N2O2+2. The molecule has 1 unspecified atom stereocenters. The van der Waals surface area contributed by atoms with Crippen LogP contribution >= 0.6 is 0 Å². The molecule has 0 aliphatic carbocycles. The van der Waals surface area contributed by atoms with Gasteiger partial charge in [-0.2, -0.15) is 0 Å². The van der Waals surface area contributed by atoms with Crippen molar-refractivity contribution in [1.29, 1.82) is 0 Å². The number of carbonyl (C=O) groups is 1. The molecule has 3 aliphatic heterocycles. The van der Waals surface area contributed by atoms with Gasteiger partial charge in [0.15, 0.2) is 0 Å². The van der Waals surface area contributed by atoms with E-state index >= 15 is 0 Å². The zero-order valence-electron chi connectivity index (χ0n) is 12.6. The quantitative estimate of drug-likeness (QED) is 0.676. The van der Waals surface area contributed by atoms with Crippen LogP contribution in [0.3, 0.4) is 0 Å². The van der Waals surface area contributed by atoms with Crippen LogP contribution in [0.1, 0.15) is 44.9 Å². The predicted molar refractivity (Wildman–Crippen MR) is 76.4 cm³/mol. The number of nitrogens with one attached hydrogen (secondary N) is 1. The maximum atomic E-state index is 12.2. The fourth-order valence-electron chi connectivity index (χ4n) is 4.45. The van der Waals surface area contributed by atoms with Crippen molar-refractivity contribution >= 4 is 5.97 Å². The van der Waals surface area contributed by atoms with E-state index in [9.17, 15) is 4.79 Å². The summed E-state index contributed by atoms with van der Waals surface area (Å²) in [4.78, 5) is 13.9. The SMILES string of the molecule is O=C(OC[C@@H]1CCC[NH+]2CCCC[C@@H]12)C1CC[NH2+]CC1. The second-order valence-corrected chi connectivity index (χ2v) is 6.93. The van der Waals surface area contributed by atoms with Crippen molar-refractivity contribution < 1.29 is 19.7 Å². The molecule has 0 radical (unpaired) electrons. The molecule has 0 amide bonds. The molecule has 4 heteroatoms. The van der Waals surface area contributed by atoms with E-state index in [1.165, 1.54) is 45.2 Å². The molecule has 0 aromatic heterocycles. The monoisotopic (exact) mass is 282 g/mol. The Balaban J connectivity index is 1.48. The molecule has 0 bridgehead atoms. The minimum absolute atomic E-state index is 0.0843. The molecule has 20 heavy (non-hydrogen) atoms. The van der Waals surface area contributed by atoms with Gasteiger partial charge in [0.2, 0.25) is 0 Å². The summed E-state index contributed by atoms with van der Waals surface area (Å²) in [6, 6.07) is 0.769. The highest BCUT2D eigenvalue weighted by Crippen LogP contribution is 2.21. The summed E-state index contributed by atoms with van der Waals surface area (Å²) in [6.45, 7) is 5.54. The minimum atomic E-state index is 0.0843. The third-order valence-electron chi connectivity index (χ3n) is 5.64. The highest BCUT2D eigenvalue weighted by molar-refractivity contribution is 5.72. The van der Waals surface area contributed by atoms with E-state index in [4.69, 9.17) is 4.74 Å². The summed E-state index contributed by atoms with van der Waals surface area (Å²) >= 11 is 0. The summed E-state index contributed by atoms with van der Waals surface area (Å²) in [5.74, 6) is 0.887. The zero-order chi connectivity index (χ0) is 13.8. The van der Waals surface area contributed by atoms with Gasteiger partial charge in [0.05, 0.1) is 44.7 Å². The molecule has 3 aliphatic rings. The number of hydrogen-bond donors (Lipinski definition) is 2. The van der Waals surface area contributed by atoms with E-state index in [0.29, 0.717) is 12.5 Å². The summed E-state index contributed by atoms with van der Waals surface area (Å²) in [7, 11) is 0. The van der Waals surface area contributed by atoms with Crippen molar-refractivity contribution in [1.82, 2.24) is 0 Å². The van der Waals surface area contributed by atoms with Gasteiger partial charge in [-0.1, -0.05) is 0 Å². The van der Waals surface area contributed by atoms with Gasteiger partial charge in [0, 0.05) is 18.8 Å². The number of esters is 1. The third-order valence-corrected chi connectivity index (χ3v) is 5.64.